The number of benzene rings is 2. The van der Waals surface area contributed by atoms with Crippen molar-refractivity contribution in [2.75, 3.05) is 14.1 Å². The molecule has 1 heterocycles. The fourth-order valence-electron chi connectivity index (χ4n) is 2.46. The fourth-order valence-corrected chi connectivity index (χ4v) is 2.82. The molecular formula is C18H16BrNO4. The van der Waals surface area contributed by atoms with E-state index in [1.165, 1.54) is 18.4 Å². The van der Waals surface area contributed by atoms with Crippen LogP contribution in [-0.2, 0) is 6.54 Å². The largest absolute Gasteiger partial charge is 0.872 e. The summed E-state index contributed by atoms with van der Waals surface area (Å²) in [5.74, 6) is 0.463. The van der Waals surface area contributed by atoms with E-state index in [0.717, 1.165) is 9.37 Å². The second-order valence-corrected chi connectivity index (χ2v) is 6.62. The maximum atomic E-state index is 12.7. The third-order valence-corrected chi connectivity index (χ3v) is 4.21. The van der Waals surface area contributed by atoms with Crippen LogP contribution in [0.1, 0.15) is 5.56 Å². The lowest BCUT2D eigenvalue weighted by molar-refractivity contribution is -0.872. The Balaban J connectivity index is 2.11. The molecule has 24 heavy (non-hydrogen) atoms. The summed E-state index contributed by atoms with van der Waals surface area (Å²) >= 11 is 3.37. The van der Waals surface area contributed by atoms with Gasteiger partial charge in [0.2, 0.25) is 11.2 Å². The second-order valence-electron chi connectivity index (χ2n) is 5.76. The van der Waals surface area contributed by atoms with Gasteiger partial charge in [-0.05, 0) is 34.1 Å². The van der Waals surface area contributed by atoms with E-state index in [9.17, 15) is 9.90 Å². The Bertz CT molecular complexity index is 949. The lowest BCUT2D eigenvalue weighted by Crippen LogP contribution is -3.04. The Hall–Kier alpha value is -2.31. The van der Waals surface area contributed by atoms with Gasteiger partial charge < -0.3 is 19.2 Å². The van der Waals surface area contributed by atoms with Crippen molar-refractivity contribution < 1.29 is 19.2 Å². The number of hydrogen-bond acceptors (Lipinski definition) is 4. The molecule has 124 valence electrons. The van der Waals surface area contributed by atoms with E-state index >= 15 is 0 Å². The van der Waals surface area contributed by atoms with Gasteiger partial charge in [-0.1, -0.05) is 23.9 Å². The van der Waals surface area contributed by atoms with Crippen molar-refractivity contribution in [3.8, 4) is 17.2 Å². The molecule has 0 aliphatic rings. The Kier molecular flexibility index (Phi) is 4.59. The molecule has 0 bridgehead atoms. The molecule has 0 amide bonds. The third-order valence-electron chi connectivity index (χ3n) is 3.56. The Labute approximate surface area is 147 Å². The van der Waals surface area contributed by atoms with Gasteiger partial charge >= 0.3 is 0 Å². The standard InChI is InChI=1S/C18H16BrNO4/c1-20(2)9-12-14(21)8-7-11-17(22)16(10-23-18(11)12)24-15-6-4-3-5-13(15)19/h3-8,10,21H,9H2,1-2H3. The highest BCUT2D eigenvalue weighted by molar-refractivity contribution is 9.10. The zero-order chi connectivity index (χ0) is 17.3. The fraction of sp³-hybridized carbons (Fsp3) is 0.167. The van der Waals surface area contributed by atoms with Crippen LogP contribution in [0.15, 0.2) is 56.3 Å². The van der Waals surface area contributed by atoms with Gasteiger partial charge in [-0.2, -0.15) is 0 Å². The van der Waals surface area contributed by atoms with Gasteiger partial charge in [0.25, 0.3) is 0 Å². The van der Waals surface area contributed by atoms with E-state index in [1.54, 1.807) is 6.07 Å². The Morgan fingerprint density at radius 2 is 1.92 bits per heavy atom. The van der Waals surface area contributed by atoms with Crippen LogP contribution in [0, 0.1) is 0 Å². The van der Waals surface area contributed by atoms with Crippen molar-refractivity contribution in [1.29, 1.82) is 0 Å². The van der Waals surface area contributed by atoms with Crippen molar-refractivity contribution in [3.05, 3.63) is 62.9 Å². The normalized spacial score (nSPS) is 11.2. The van der Waals surface area contributed by atoms with E-state index in [2.05, 4.69) is 15.9 Å². The number of quaternary nitrogens is 1. The van der Waals surface area contributed by atoms with Crippen molar-refractivity contribution in [2.24, 2.45) is 0 Å². The summed E-state index contributed by atoms with van der Waals surface area (Å²) in [5.41, 5.74) is 0.521. The highest BCUT2D eigenvalue weighted by Crippen LogP contribution is 2.30. The molecule has 0 saturated carbocycles. The van der Waals surface area contributed by atoms with Gasteiger partial charge in [-0.15, -0.1) is 0 Å². The number of halogens is 1. The Morgan fingerprint density at radius 1 is 1.17 bits per heavy atom. The van der Waals surface area contributed by atoms with Gasteiger partial charge in [-0.25, -0.2) is 0 Å². The maximum absolute atomic E-state index is 12.7. The van der Waals surface area contributed by atoms with Crippen LogP contribution in [0.25, 0.3) is 11.0 Å². The summed E-state index contributed by atoms with van der Waals surface area (Å²) in [5, 5.41) is 12.4. The summed E-state index contributed by atoms with van der Waals surface area (Å²) in [7, 11) is 3.86. The van der Waals surface area contributed by atoms with Crippen LogP contribution in [0.3, 0.4) is 0 Å². The first-order valence-corrected chi connectivity index (χ1v) is 8.22. The molecule has 0 atom stereocenters. The molecule has 0 unspecified atom stereocenters. The van der Waals surface area contributed by atoms with Crippen molar-refractivity contribution in [1.82, 2.24) is 0 Å². The number of ether oxygens (including phenoxy) is 1. The average Bonchev–Trinajstić information content (AvgIpc) is 2.54. The number of rotatable bonds is 4. The lowest BCUT2D eigenvalue weighted by Gasteiger charge is -2.17. The molecule has 3 rings (SSSR count). The van der Waals surface area contributed by atoms with Crippen molar-refractivity contribution in [3.63, 3.8) is 0 Å². The minimum absolute atomic E-state index is 0.0798. The predicted octanol–water partition coefficient (Wildman–Crippen LogP) is 2.07. The maximum Gasteiger partial charge on any atom is 0.235 e. The highest BCUT2D eigenvalue weighted by atomic mass is 79.9. The van der Waals surface area contributed by atoms with Crippen LogP contribution >= 0.6 is 15.9 Å². The van der Waals surface area contributed by atoms with E-state index in [1.807, 2.05) is 32.3 Å². The van der Waals surface area contributed by atoms with Crippen LogP contribution in [0.5, 0.6) is 17.2 Å². The van der Waals surface area contributed by atoms with E-state index < -0.39 is 0 Å². The van der Waals surface area contributed by atoms with E-state index in [-0.39, 0.29) is 16.9 Å². The average molecular weight is 390 g/mol. The van der Waals surface area contributed by atoms with Crippen LogP contribution < -0.4 is 20.2 Å². The summed E-state index contributed by atoms with van der Waals surface area (Å²) in [6.45, 7) is 0.476. The number of hydrogen-bond donors (Lipinski definition) is 1. The van der Waals surface area contributed by atoms with Gasteiger partial charge in [0.05, 0.1) is 24.0 Å². The molecule has 6 heteroatoms. The Morgan fingerprint density at radius 3 is 2.62 bits per heavy atom. The molecule has 1 N–H and O–H groups in total. The third kappa shape index (κ3) is 3.16. The van der Waals surface area contributed by atoms with E-state index in [0.29, 0.717) is 28.8 Å². The van der Waals surface area contributed by atoms with Gasteiger partial charge in [0.1, 0.15) is 24.1 Å². The first-order valence-electron chi connectivity index (χ1n) is 7.43. The van der Waals surface area contributed by atoms with Crippen molar-refractivity contribution >= 4 is 26.9 Å². The molecule has 0 saturated heterocycles. The molecule has 0 aliphatic carbocycles. The SMILES string of the molecule is C[NH+](C)Cc1c([O-])ccc2c(=O)c(Oc3ccccc3Br)coc12. The minimum Gasteiger partial charge on any atom is -0.872 e. The second kappa shape index (κ2) is 6.67. The number of para-hydroxylation sites is 1. The summed E-state index contributed by atoms with van der Waals surface area (Å²) < 4.78 is 12.0. The number of nitrogens with one attached hydrogen (secondary N) is 1. The zero-order valence-electron chi connectivity index (χ0n) is 13.3. The molecule has 0 spiro atoms. The predicted molar refractivity (Wildman–Crippen MR) is 92.7 cm³/mol. The summed E-state index contributed by atoms with van der Waals surface area (Å²) in [4.78, 5) is 13.7. The lowest BCUT2D eigenvalue weighted by atomic mass is 10.1. The smallest absolute Gasteiger partial charge is 0.235 e. The molecule has 5 nitrogen and oxygen atoms in total. The molecule has 3 aromatic rings. The summed E-state index contributed by atoms with van der Waals surface area (Å²) in [6, 6.07) is 10.1. The quantitative estimate of drug-likeness (QED) is 0.741. The van der Waals surface area contributed by atoms with Gasteiger partial charge in [0.15, 0.2) is 0 Å². The van der Waals surface area contributed by atoms with Crippen LogP contribution in [0.2, 0.25) is 0 Å². The van der Waals surface area contributed by atoms with Gasteiger partial charge in [0, 0.05) is 5.56 Å². The molecule has 0 fully saturated rings. The number of fused-ring (bicyclic) bond motifs is 1. The first-order chi connectivity index (χ1) is 11.5. The first kappa shape index (κ1) is 16.5. The van der Waals surface area contributed by atoms with Crippen LogP contribution in [0.4, 0.5) is 0 Å². The van der Waals surface area contributed by atoms with Gasteiger partial charge in [-0.3, -0.25) is 4.79 Å². The minimum atomic E-state index is -0.304. The van der Waals surface area contributed by atoms with Crippen LogP contribution in [-0.4, -0.2) is 14.1 Å². The topological polar surface area (TPSA) is 66.9 Å². The molecular weight excluding hydrogens is 374 g/mol. The molecule has 1 aromatic heterocycles. The van der Waals surface area contributed by atoms with Crippen molar-refractivity contribution in [2.45, 2.75) is 6.54 Å². The summed E-state index contributed by atoms with van der Waals surface area (Å²) in [6.07, 6.45) is 1.26. The highest BCUT2D eigenvalue weighted by Gasteiger charge is 2.15. The zero-order valence-corrected chi connectivity index (χ0v) is 14.8. The monoisotopic (exact) mass is 389 g/mol. The molecule has 2 aromatic carbocycles. The van der Waals surface area contributed by atoms with E-state index in [4.69, 9.17) is 9.15 Å². The molecule has 0 aliphatic heterocycles. The molecule has 0 radical (unpaired) electrons.